The first-order valence-corrected chi connectivity index (χ1v) is 8.75. The third-order valence-electron chi connectivity index (χ3n) is 5.34. The van der Waals surface area contributed by atoms with Crippen molar-refractivity contribution >= 4 is 10.8 Å². The van der Waals surface area contributed by atoms with Crippen molar-refractivity contribution in [2.75, 3.05) is 6.54 Å². The number of nitrogens with one attached hydrogen (secondary N) is 1. The minimum Gasteiger partial charge on any atom is -0.325 e. The number of H-pyrrole nitrogens is 1. The zero-order valence-corrected chi connectivity index (χ0v) is 13.9. The average Bonchev–Trinajstić information content (AvgIpc) is 3.41. The molecule has 0 amide bonds. The van der Waals surface area contributed by atoms with E-state index in [9.17, 15) is 4.79 Å². The molecule has 0 saturated heterocycles. The van der Waals surface area contributed by atoms with Gasteiger partial charge in [0, 0.05) is 36.6 Å². The summed E-state index contributed by atoms with van der Waals surface area (Å²) in [4.78, 5) is 14.6. The van der Waals surface area contributed by atoms with Crippen molar-refractivity contribution in [1.82, 2.24) is 24.9 Å². The first kappa shape index (κ1) is 14.8. The van der Waals surface area contributed by atoms with E-state index in [0.29, 0.717) is 11.1 Å². The number of fused-ring (bicyclic) bond motifs is 2. The minimum absolute atomic E-state index is 0.185. The van der Waals surface area contributed by atoms with Crippen molar-refractivity contribution in [2.45, 2.75) is 38.5 Å². The lowest BCUT2D eigenvalue weighted by Gasteiger charge is -2.28. The predicted octanol–water partition coefficient (Wildman–Crippen LogP) is 1.22. The van der Waals surface area contributed by atoms with E-state index in [0.717, 1.165) is 42.2 Å². The molecule has 25 heavy (non-hydrogen) atoms. The van der Waals surface area contributed by atoms with Gasteiger partial charge in [0.2, 0.25) is 0 Å². The second-order valence-electron chi connectivity index (χ2n) is 6.89. The Hall–Kier alpha value is -2.51. The second kappa shape index (κ2) is 5.50. The molecule has 3 aromatic rings. The Bertz CT molecular complexity index is 1020. The molecule has 0 bridgehead atoms. The smallest absolute Gasteiger partial charge is 0.272 e. The first-order chi connectivity index (χ1) is 12.2. The van der Waals surface area contributed by atoms with Gasteiger partial charge in [-0.25, -0.2) is 5.10 Å². The van der Waals surface area contributed by atoms with Crippen LogP contribution in [0.3, 0.4) is 0 Å². The summed E-state index contributed by atoms with van der Waals surface area (Å²) in [7, 11) is 0. The second-order valence-corrected chi connectivity index (χ2v) is 6.89. The van der Waals surface area contributed by atoms with Crippen molar-refractivity contribution < 1.29 is 0 Å². The van der Waals surface area contributed by atoms with Gasteiger partial charge in [-0.05, 0) is 30.5 Å². The highest BCUT2D eigenvalue weighted by Crippen LogP contribution is 2.34. The summed E-state index contributed by atoms with van der Waals surface area (Å²) < 4.78 is 2.11. The van der Waals surface area contributed by atoms with E-state index in [1.165, 1.54) is 18.5 Å². The maximum absolute atomic E-state index is 12.0. The van der Waals surface area contributed by atoms with Gasteiger partial charge in [0.15, 0.2) is 0 Å². The molecule has 3 N–H and O–H groups in total. The van der Waals surface area contributed by atoms with Crippen LogP contribution in [0.15, 0.2) is 29.2 Å². The Morgan fingerprint density at radius 3 is 2.92 bits per heavy atom. The van der Waals surface area contributed by atoms with Crippen molar-refractivity contribution in [1.29, 1.82) is 0 Å². The maximum Gasteiger partial charge on any atom is 0.272 e. The van der Waals surface area contributed by atoms with Crippen molar-refractivity contribution in [2.24, 2.45) is 5.73 Å². The number of aromatic nitrogens is 4. The molecule has 0 radical (unpaired) electrons. The van der Waals surface area contributed by atoms with Crippen LogP contribution in [-0.4, -0.2) is 37.5 Å². The van der Waals surface area contributed by atoms with Crippen LogP contribution < -0.4 is 11.3 Å². The summed E-state index contributed by atoms with van der Waals surface area (Å²) >= 11 is 0. The fraction of sp³-hybridized carbons (Fsp3) is 0.389. The monoisotopic (exact) mass is 336 g/mol. The normalized spacial score (nSPS) is 17.8. The third kappa shape index (κ3) is 2.39. The molecule has 3 heterocycles. The van der Waals surface area contributed by atoms with Gasteiger partial charge in [0.25, 0.3) is 5.56 Å². The van der Waals surface area contributed by atoms with Gasteiger partial charge in [0.1, 0.15) is 0 Å². The molecular formula is C18H20N6O. The molecule has 1 aliphatic heterocycles. The van der Waals surface area contributed by atoms with E-state index < -0.39 is 0 Å². The SMILES string of the molecule is NCc1n[nH]c(=O)c2ccc(-c3cnn4c3CN(C3CC3)CC4)cc12. The molecule has 2 aromatic heterocycles. The number of hydrogen-bond donors (Lipinski definition) is 2. The van der Waals surface area contributed by atoms with Gasteiger partial charge in [0.05, 0.1) is 29.5 Å². The zero-order chi connectivity index (χ0) is 17.0. The van der Waals surface area contributed by atoms with E-state index in [1.54, 1.807) is 0 Å². The van der Waals surface area contributed by atoms with Crippen LogP contribution in [0.5, 0.6) is 0 Å². The van der Waals surface area contributed by atoms with Crippen LogP contribution in [-0.2, 0) is 19.6 Å². The molecule has 1 aromatic carbocycles. The molecule has 5 rings (SSSR count). The standard InChI is InChI=1S/C18H20N6O/c19-8-16-14-7-11(1-4-13(14)18(25)22-21-16)15-9-20-24-6-5-23(10-17(15)24)12-2-3-12/h1,4,7,9,12H,2-3,5-6,8,10,19H2,(H,22,25). The van der Waals surface area contributed by atoms with Gasteiger partial charge in [-0.15, -0.1) is 0 Å². The van der Waals surface area contributed by atoms with E-state index in [2.05, 4.69) is 24.9 Å². The summed E-state index contributed by atoms with van der Waals surface area (Å²) in [5, 5.41) is 12.6. The van der Waals surface area contributed by atoms with Crippen LogP contribution in [0, 0.1) is 0 Å². The molecule has 7 nitrogen and oxygen atoms in total. The number of nitrogens with zero attached hydrogens (tertiary/aromatic N) is 4. The fourth-order valence-electron chi connectivity index (χ4n) is 3.80. The molecule has 0 spiro atoms. The van der Waals surface area contributed by atoms with Gasteiger partial charge in [-0.1, -0.05) is 6.07 Å². The largest absolute Gasteiger partial charge is 0.325 e. The quantitative estimate of drug-likeness (QED) is 0.750. The highest BCUT2D eigenvalue weighted by atomic mass is 16.1. The number of rotatable bonds is 3. The Balaban J connectivity index is 1.62. The van der Waals surface area contributed by atoms with Gasteiger partial charge >= 0.3 is 0 Å². The third-order valence-corrected chi connectivity index (χ3v) is 5.34. The molecular weight excluding hydrogens is 316 g/mol. The molecule has 1 saturated carbocycles. The summed E-state index contributed by atoms with van der Waals surface area (Å²) in [5.41, 5.74) is 9.77. The lowest BCUT2D eigenvalue weighted by molar-refractivity contribution is 0.204. The molecule has 1 fully saturated rings. The summed E-state index contributed by atoms with van der Waals surface area (Å²) in [6.07, 6.45) is 4.57. The van der Waals surface area contributed by atoms with Crippen LogP contribution in [0.4, 0.5) is 0 Å². The lowest BCUT2D eigenvalue weighted by atomic mass is 10.0. The Morgan fingerprint density at radius 2 is 2.12 bits per heavy atom. The molecule has 0 atom stereocenters. The molecule has 0 unspecified atom stereocenters. The topological polar surface area (TPSA) is 92.8 Å². The van der Waals surface area contributed by atoms with Crippen molar-refractivity contribution in [3.05, 3.63) is 46.1 Å². The van der Waals surface area contributed by atoms with Gasteiger partial charge in [-0.3, -0.25) is 14.4 Å². The minimum atomic E-state index is -0.185. The number of nitrogens with two attached hydrogens (primary N) is 1. The van der Waals surface area contributed by atoms with E-state index in [4.69, 9.17) is 5.73 Å². The molecule has 128 valence electrons. The van der Waals surface area contributed by atoms with Crippen LogP contribution in [0.2, 0.25) is 0 Å². The number of benzene rings is 1. The zero-order valence-electron chi connectivity index (χ0n) is 13.9. The van der Waals surface area contributed by atoms with E-state index in [1.807, 2.05) is 24.4 Å². The maximum atomic E-state index is 12.0. The first-order valence-electron chi connectivity index (χ1n) is 8.75. The average molecular weight is 336 g/mol. The predicted molar refractivity (Wildman–Crippen MR) is 94.9 cm³/mol. The van der Waals surface area contributed by atoms with Crippen LogP contribution in [0.1, 0.15) is 24.2 Å². The Labute approximate surface area is 144 Å². The lowest BCUT2D eigenvalue weighted by Crippen LogP contribution is -2.35. The number of aromatic amines is 1. The summed E-state index contributed by atoms with van der Waals surface area (Å²) in [5.74, 6) is 0. The van der Waals surface area contributed by atoms with Crippen molar-refractivity contribution in [3.8, 4) is 11.1 Å². The van der Waals surface area contributed by atoms with E-state index >= 15 is 0 Å². The van der Waals surface area contributed by atoms with Crippen LogP contribution in [0.25, 0.3) is 21.9 Å². The highest BCUT2D eigenvalue weighted by molar-refractivity contribution is 5.88. The molecule has 7 heteroatoms. The van der Waals surface area contributed by atoms with Crippen LogP contribution >= 0.6 is 0 Å². The fourth-order valence-corrected chi connectivity index (χ4v) is 3.80. The molecule has 2 aliphatic rings. The summed E-state index contributed by atoms with van der Waals surface area (Å²) in [6.45, 7) is 3.25. The highest BCUT2D eigenvalue weighted by Gasteiger charge is 2.32. The van der Waals surface area contributed by atoms with Crippen molar-refractivity contribution in [3.63, 3.8) is 0 Å². The van der Waals surface area contributed by atoms with Gasteiger partial charge in [-0.2, -0.15) is 10.2 Å². The molecule has 1 aliphatic carbocycles. The summed E-state index contributed by atoms with van der Waals surface area (Å²) in [6, 6.07) is 6.62. The van der Waals surface area contributed by atoms with E-state index in [-0.39, 0.29) is 12.1 Å². The Kier molecular flexibility index (Phi) is 3.26. The number of hydrogen-bond acceptors (Lipinski definition) is 5. The van der Waals surface area contributed by atoms with Gasteiger partial charge < -0.3 is 5.73 Å². The Morgan fingerprint density at radius 1 is 1.24 bits per heavy atom.